The lowest BCUT2D eigenvalue weighted by atomic mass is 9.89. The van der Waals surface area contributed by atoms with Crippen molar-refractivity contribution < 1.29 is 9.53 Å². The van der Waals surface area contributed by atoms with Crippen molar-refractivity contribution in [3.8, 4) is 0 Å². The number of nitrogens with one attached hydrogen (secondary N) is 1. The molecule has 6 heteroatoms. The third-order valence-electron chi connectivity index (χ3n) is 5.51. The number of amides is 1. The summed E-state index contributed by atoms with van der Waals surface area (Å²) < 4.78 is 5.47. The van der Waals surface area contributed by atoms with Gasteiger partial charge in [0.15, 0.2) is 0 Å². The van der Waals surface area contributed by atoms with Crippen molar-refractivity contribution in [1.82, 2.24) is 15.3 Å². The highest BCUT2D eigenvalue weighted by atomic mass is 16.6. The lowest BCUT2D eigenvalue weighted by Crippen LogP contribution is -2.46. The number of nitrogens with zero attached hydrogens (tertiary/aromatic N) is 3. The first kappa shape index (κ1) is 21.1. The highest BCUT2D eigenvalue weighted by molar-refractivity contribution is 5.86. The smallest absolute Gasteiger partial charge is 0.407 e. The molecule has 1 saturated carbocycles. The second-order valence-electron chi connectivity index (χ2n) is 9.11. The number of hydrogen-bond acceptors (Lipinski definition) is 5. The lowest BCUT2D eigenvalue weighted by Gasteiger charge is -2.38. The summed E-state index contributed by atoms with van der Waals surface area (Å²) in [6.45, 7) is 5.64. The molecule has 0 radical (unpaired) electrons. The van der Waals surface area contributed by atoms with E-state index in [0.29, 0.717) is 5.95 Å². The van der Waals surface area contributed by atoms with Crippen LogP contribution in [-0.4, -0.2) is 33.7 Å². The maximum atomic E-state index is 12.3. The molecule has 0 spiro atoms. The number of carbonyl (C=O) groups excluding carboxylic acids is 1. The topological polar surface area (TPSA) is 67.3 Å². The number of fused-ring (bicyclic) bond motifs is 1. The summed E-state index contributed by atoms with van der Waals surface area (Å²) in [6, 6.07) is 16.9. The Kier molecular flexibility index (Phi) is 6.07. The standard InChI is InChI=1S/C25H30N4O2/c1-25(2,3)31-24(30)28-20-10-6-11-21(17-20)29(23-26-14-7-15-27-23)22-13-12-18-8-4-5-9-19(18)16-22/h4-5,7-9,12-16,20-21H,6,10-11,17H2,1-3H3,(H,28,30). The second-order valence-corrected chi connectivity index (χ2v) is 9.11. The van der Waals surface area contributed by atoms with E-state index in [4.69, 9.17) is 4.74 Å². The molecule has 2 aromatic carbocycles. The van der Waals surface area contributed by atoms with Gasteiger partial charge in [-0.25, -0.2) is 14.8 Å². The molecule has 31 heavy (non-hydrogen) atoms. The van der Waals surface area contributed by atoms with E-state index in [1.54, 1.807) is 12.4 Å². The van der Waals surface area contributed by atoms with Crippen molar-refractivity contribution in [2.45, 2.75) is 64.1 Å². The number of hydrogen-bond donors (Lipinski definition) is 1. The van der Waals surface area contributed by atoms with Crippen LogP contribution in [0.25, 0.3) is 10.8 Å². The molecule has 0 bridgehead atoms. The number of anilines is 2. The normalized spacial score (nSPS) is 19.1. The van der Waals surface area contributed by atoms with E-state index in [9.17, 15) is 4.79 Å². The predicted molar refractivity (Wildman–Crippen MR) is 124 cm³/mol. The van der Waals surface area contributed by atoms with Gasteiger partial charge in [0, 0.05) is 30.2 Å². The molecule has 0 aliphatic heterocycles. The average Bonchev–Trinajstić information content (AvgIpc) is 2.73. The van der Waals surface area contributed by atoms with Crippen LogP contribution in [0.5, 0.6) is 0 Å². The summed E-state index contributed by atoms with van der Waals surface area (Å²) in [5.74, 6) is 0.681. The third-order valence-corrected chi connectivity index (χ3v) is 5.51. The highest BCUT2D eigenvalue weighted by Gasteiger charge is 2.31. The van der Waals surface area contributed by atoms with E-state index < -0.39 is 5.60 Å². The van der Waals surface area contributed by atoms with Gasteiger partial charge >= 0.3 is 6.09 Å². The first-order valence-electron chi connectivity index (χ1n) is 10.9. The van der Waals surface area contributed by atoms with Gasteiger partial charge in [-0.3, -0.25) is 0 Å². The summed E-state index contributed by atoms with van der Waals surface area (Å²) in [7, 11) is 0. The van der Waals surface area contributed by atoms with E-state index in [0.717, 1.165) is 31.4 Å². The van der Waals surface area contributed by atoms with Gasteiger partial charge in [0.1, 0.15) is 5.60 Å². The Balaban J connectivity index is 1.60. The lowest BCUT2D eigenvalue weighted by molar-refractivity contribution is 0.0491. The zero-order chi connectivity index (χ0) is 21.8. The molecular formula is C25H30N4O2. The molecular weight excluding hydrogens is 388 g/mol. The van der Waals surface area contributed by atoms with E-state index >= 15 is 0 Å². The van der Waals surface area contributed by atoms with Crippen LogP contribution in [0.15, 0.2) is 60.9 Å². The van der Waals surface area contributed by atoms with Gasteiger partial charge < -0.3 is 15.0 Å². The molecule has 162 valence electrons. The third kappa shape index (κ3) is 5.32. The zero-order valence-electron chi connectivity index (χ0n) is 18.4. The fourth-order valence-corrected chi connectivity index (χ4v) is 4.24. The molecule has 1 N–H and O–H groups in total. The van der Waals surface area contributed by atoms with Gasteiger partial charge in [-0.05, 0) is 75.4 Å². The first-order valence-corrected chi connectivity index (χ1v) is 10.9. The summed E-state index contributed by atoms with van der Waals surface area (Å²) in [5.41, 5.74) is 0.556. The summed E-state index contributed by atoms with van der Waals surface area (Å²) in [6.07, 6.45) is 6.97. The van der Waals surface area contributed by atoms with E-state index in [2.05, 4.69) is 56.6 Å². The Morgan fingerprint density at radius 2 is 1.77 bits per heavy atom. The van der Waals surface area contributed by atoms with Gasteiger partial charge in [0.05, 0.1) is 0 Å². The number of ether oxygens (including phenoxy) is 1. The second kappa shape index (κ2) is 8.92. The van der Waals surface area contributed by atoms with Crippen LogP contribution in [0.2, 0.25) is 0 Å². The highest BCUT2D eigenvalue weighted by Crippen LogP contribution is 2.34. The fraction of sp³-hybridized carbons (Fsp3) is 0.400. The molecule has 1 aliphatic rings. The van der Waals surface area contributed by atoms with Crippen LogP contribution in [0.3, 0.4) is 0 Å². The molecule has 6 nitrogen and oxygen atoms in total. The Morgan fingerprint density at radius 3 is 2.52 bits per heavy atom. The number of benzene rings is 2. The molecule has 3 aromatic rings. The average molecular weight is 419 g/mol. The zero-order valence-corrected chi connectivity index (χ0v) is 18.4. The Labute approximate surface area is 183 Å². The fourth-order valence-electron chi connectivity index (χ4n) is 4.24. The van der Waals surface area contributed by atoms with Crippen molar-refractivity contribution in [3.05, 3.63) is 60.9 Å². The van der Waals surface area contributed by atoms with Crippen molar-refractivity contribution in [2.75, 3.05) is 4.90 Å². The van der Waals surface area contributed by atoms with Gasteiger partial charge in [-0.2, -0.15) is 0 Å². The quantitative estimate of drug-likeness (QED) is 0.597. The van der Waals surface area contributed by atoms with Crippen LogP contribution >= 0.6 is 0 Å². The van der Waals surface area contributed by atoms with Crippen LogP contribution in [0, 0.1) is 0 Å². The van der Waals surface area contributed by atoms with E-state index in [1.807, 2.05) is 32.9 Å². The van der Waals surface area contributed by atoms with Gasteiger partial charge in [0.25, 0.3) is 0 Å². The molecule has 1 aliphatic carbocycles. The van der Waals surface area contributed by atoms with Crippen LogP contribution in [0.1, 0.15) is 46.5 Å². The number of carbonyl (C=O) groups is 1. The molecule has 0 saturated heterocycles. The summed E-state index contributed by atoms with van der Waals surface area (Å²) in [4.78, 5) is 23.6. The van der Waals surface area contributed by atoms with Crippen LogP contribution < -0.4 is 10.2 Å². The number of aromatic nitrogens is 2. The van der Waals surface area contributed by atoms with E-state index in [-0.39, 0.29) is 18.2 Å². The Hall–Kier alpha value is -3.15. The Bertz CT molecular complexity index is 1030. The monoisotopic (exact) mass is 418 g/mol. The van der Waals surface area contributed by atoms with Crippen molar-refractivity contribution in [2.24, 2.45) is 0 Å². The number of rotatable bonds is 4. The van der Waals surface area contributed by atoms with Crippen LogP contribution in [0.4, 0.5) is 16.4 Å². The first-order chi connectivity index (χ1) is 14.9. The van der Waals surface area contributed by atoms with Crippen LogP contribution in [-0.2, 0) is 4.74 Å². The summed E-state index contributed by atoms with van der Waals surface area (Å²) >= 11 is 0. The molecule has 2 atom stereocenters. The van der Waals surface area contributed by atoms with E-state index in [1.165, 1.54) is 10.8 Å². The molecule has 4 rings (SSSR count). The summed E-state index contributed by atoms with van der Waals surface area (Å²) in [5, 5.41) is 5.45. The maximum Gasteiger partial charge on any atom is 0.407 e. The van der Waals surface area contributed by atoms with Gasteiger partial charge in [0.2, 0.25) is 5.95 Å². The van der Waals surface area contributed by atoms with Gasteiger partial charge in [-0.1, -0.05) is 30.3 Å². The largest absolute Gasteiger partial charge is 0.444 e. The Morgan fingerprint density at radius 1 is 1.03 bits per heavy atom. The minimum absolute atomic E-state index is 0.0558. The number of alkyl carbamates (subject to hydrolysis) is 1. The maximum absolute atomic E-state index is 12.3. The SMILES string of the molecule is CC(C)(C)OC(=O)NC1CCCC(N(c2ccc3ccccc3c2)c2ncccn2)C1. The van der Waals surface area contributed by atoms with Crippen molar-refractivity contribution in [1.29, 1.82) is 0 Å². The molecule has 1 aromatic heterocycles. The molecule has 1 fully saturated rings. The predicted octanol–water partition coefficient (Wildman–Crippen LogP) is 5.60. The molecule has 1 amide bonds. The van der Waals surface area contributed by atoms with Crippen molar-refractivity contribution >= 4 is 28.5 Å². The minimum atomic E-state index is -0.507. The molecule has 2 unspecified atom stereocenters. The van der Waals surface area contributed by atoms with Gasteiger partial charge in [-0.15, -0.1) is 0 Å². The minimum Gasteiger partial charge on any atom is -0.444 e. The molecule has 1 heterocycles. The van der Waals surface area contributed by atoms with Crippen molar-refractivity contribution in [3.63, 3.8) is 0 Å².